The van der Waals surface area contributed by atoms with Crippen LogP contribution in [0.4, 0.5) is 0 Å². The van der Waals surface area contributed by atoms with Crippen molar-refractivity contribution in [1.82, 2.24) is 10.2 Å². The molecule has 2 heterocycles. The van der Waals surface area contributed by atoms with Gasteiger partial charge >= 0.3 is 0 Å². The lowest BCUT2D eigenvalue weighted by Gasteiger charge is -2.56. The third kappa shape index (κ3) is 2.36. The summed E-state index contributed by atoms with van der Waals surface area (Å²) in [5.74, 6) is 1.98. The average Bonchev–Trinajstić information content (AvgIpc) is 3.01. The number of likely N-dealkylation sites (tertiary alicyclic amines) is 1. The van der Waals surface area contributed by atoms with Crippen LogP contribution in [0.15, 0.2) is 0 Å². The first-order valence-electron chi connectivity index (χ1n) is 7.57. The third-order valence-electron chi connectivity index (χ3n) is 5.13. The van der Waals surface area contributed by atoms with Crippen molar-refractivity contribution >= 4 is 17.7 Å². The first-order chi connectivity index (χ1) is 9.67. The van der Waals surface area contributed by atoms with E-state index < -0.39 is 0 Å². The van der Waals surface area contributed by atoms with Gasteiger partial charge in [-0.2, -0.15) is 0 Å². The van der Waals surface area contributed by atoms with Crippen LogP contribution in [0, 0.1) is 5.41 Å². The topological polar surface area (TPSA) is 61.8 Å². The number of thioether (sulfide) groups is 1. The first-order valence-corrected chi connectivity index (χ1v) is 8.72. The maximum absolute atomic E-state index is 12.4. The van der Waals surface area contributed by atoms with Gasteiger partial charge < -0.3 is 14.7 Å². The highest BCUT2D eigenvalue weighted by Crippen LogP contribution is 2.50. The predicted octanol–water partition coefficient (Wildman–Crippen LogP) is 0.427. The number of carbonyl (C=O) groups is 1. The summed E-state index contributed by atoms with van der Waals surface area (Å²) < 4.78 is 5.76. The number of carbonyl (C=O) groups excluding carboxylic acids is 1. The van der Waals surface area contributed by atoms with E-state index in [9.17, 15) is 9.90 Å². The summed E-state index contributed by atoms with van der Waals surface area (Å²) in [5.41, 5.74) is -0.0926. The normalized spacial score (nSPS) is 36.1. The molecule has 3 rings (SSSR count). The number of rotatable bonds is 3. The maximum Gasteiger partial charge on any atom is 0.240 e. The monoisotopic (exact) mass is 300 g/mol. The predicted molar refractivity (Wildman–Crippen MR) is 78.5 cm³/mol. The molecule has 1 amide bonds. The van der Waals surface area contributed by atoms with E-state index in [1.165, 1.54) is 0 Å². The maximum atomic E-state index is 12.4. The summed E-state index contributed by atoms with van der Waals surface area (Å²) in [4.78, 5) is 14.3. The molecule has 0 bridgehead atoms. The molecule has 1 saturated carbocycles. The number of piperidine rings is 1. The van der Waals surface area contributed by atoms with Crippen LogP contribution >= 0.6 is 11.8 Å². The van der Waals surface area contributed by atoms with Crippen LogP contribution in [0.25, 0.3) is 0 Å². The number of nitrogens with zero attached hydrogens (tertiary/aromatic N) is 1. The van der Waals surface area contributed by atoms with Gasteiger partial charge in [0.05, 0.1) is 18.2 Å². The van der Waals surface area contributed by atoms with Gasteiger partial charge in [-0.25, -0.2) is 0 Å². The lowest BCUT2D eigenvalue weighted by atomic mass is 9.58. The number of amides is 1. The van der Waals surface area contributed by atoms with Crippen LogP contribution in [-0.2, 0) is 9.53 Å². The minimum atomic E-state index is -0.253. The van der Waals surface area contributed by atoms with Gasteiger partial charge in [0.15, 0.2) is 0 Å². The van der Waals surface area contributed by atoms with Gasteiger partial charge in [-0.1, -0.05) is 0 Å². The standard InChI is InChI=1S/C14H24N2O3S/c1-2-19-12-7-11(17)14(12)3-5-16(6-4-14)13(18)10-8-20-9-15-10/h10-12,15,17H,2-9H2,1H3/t10-,11+,12+/m0/s1. The highest BCUT2D eigenvalue weighted by Gasteiger charge is 2.56. The zero-order valence-corrected chi connectivity index (χ0v) is 12.8. The molecule has 20 heavy (non-hydrogen) atoms. The van der Waals surface area contributed by atoms with Crippen molar-refractivity contribution in [2.24, 2.45) is 5.41 Å². The largest absolute Gasteiger partial charge is 0.392 e. The molecule has 0 aromatic carbocycles. The lowest BCUT2D eigenvalue weighted by Crippen LogP contribution is -2.63. The number of hydrogen-bond acceptors (Lipinski definition) is 5. The van der Waals surface area contributed by atoms with Gasteiger partial charge in [0, 0.05) is 43.2 Å². The summed E-state index contributed by atoms with van der Waals surface area (Å²) in [6.45, 7) is 4.20. The molecule has 0 unspecified atom stereocenters. The van der Waals surface area contributed by atoms with E-state index in [1.54, 1.807) is 11.8 Å². The van der Waals surface area contributed by atoms with Crippen molar-refractivity contribution in [2.45, 2.75) is 44.4 Å². The molecule has 5 nitrogen and oxygen atoms in total. The van der Waals surface area contributed by atoms with Gasteiger partial charge in [-0.15, -0.1) is 11.8 Å². The Morgan fingerprint density at radius 1 is 1.50 bits per heavy atom. The fourth-order valence-corrected chi connectivity index (χ4v) is 4.67. The van der Waals surface area contributed by atoms with E-state index in [4.69, 9.17) is 4.74 Å². The molecule has 6 heteroatoms. The van der Waals surface area contributed by atoms with Crippen LogP contribution in [0.1, 0.15) is 26.2 Å². The van der Waals surface area contributed by atoms with Crippen molar-refractivity contribution in [3.63, 3.8) is 0 Å². The Hall–Kier alpha value is -0.300. The summed E-state index contributed by atoms with van der Waals surface area (Å²) in [7, 11) is 0. The number of hydrogen-bond donors (Lipinski definition) is 2. The second-order valence-corrected chi connectivity index (χ2v) is 7.06. The highest BCUT2D eigenvalue weighted by atomic mass is 32.2. The first kappa shape index (κ1) is 14.6. The highest BCUT2D eigenvalue weighted by molar-refractivity contribution is 7.99. The molecule has 2 saturated heterocycles. The molecule has 2 N–H and O–H groups in total. The van der Waals surface area contributed by atoms with Gasteiger partial charge in [-0.05, 0) is 19.8 Å². The second-order valence-electron chi connectivity index (χ2n) is 6.03. The number of nitrogens with one attached hydrogen (secondary N) is 1. The van der Waals surface area contributed by atoms with E-state index in [2.05, 4.69) is 5.32 Å². The minimum absolute atomic E-state index is 0.0111. The quantitative estimate of drug-likeness (QED) is 0.791. The minimum Gasteiger partial charge on any atom is -0.392 e. The van der Waals surface area contributed by atoms with E-state index >= 15 is 0 Å². The van der Waals surface area contributed by atoms with Crippen LogP contribution < -0.4 is 5.32 Å². The molecule has 1 spiro atoms. The molecular formula is C14H24N2O3S. The Morgan fingerprint density at radius 3 is 2.80 bits per heavy atom. The van der Waals surface area contributed by atoms with Crippen LogP contribution in [0.5, 0.6) is 0 Å². The van der Waals surface area contributed by atoms with Crippen molar-refractivity contribution in [3.8, 4) is 0 Å². The fraction of sp³-hybridized carbons (Fsp3) is 0.929. The third-order valence-corrected chi connectivity index (χ3v) is 6.07. The summed E-state index contributed by atoms with van der Waals surface area (Å²) >= 11 is 1.78. The molecule has 0 aromatic rings. The van der Waals surface area contributed by atoms with E-state index in [0.717, 1.165) is 44.0 Å². The molecule has 3 fully saturated rings. The SMILES string of the molecule is CCO[C@@H]1C[C@@H](O)C12CCN(C(=O)[C@@H]1CSCN1)CC2. The van der Waals surface area contributed by atoms with E-state index in [0.29, 0.717) is 6.61 Å². The van der Waals surface area contributed by atoms with Gasteiger partial charge in [-0.3, -0.25) is 10.1 Å². The van der Waals surface area contributed by atoms with Crippen LogP contribution in [0.3, 0.4) is 0 Å². The molecule has 2 aliphatic heterocycles. The Morgan fingerprint density at radius 2 is 2.25 bits per heavy atom. The van der Waals surface area contributed by atoms with Crippen molar-refractivity contribution in [2.75, 3.05) is 31.3 Å². The number of aliphatic hydroxyl groups excluding tert-OH is 1. The van der Waals surface area contributed by atoms with Crippen molar-refractivity contribution in [1.29, 1.82) is 0 Å². The van der Waals surface area contributed by atoms with E-state index in [-0.39, 0.29) is 29.6 Å². The summed E-state index contributed by atoms with van der Waals surface area (Å²) in [5, 5.41) is 13.4. The molecule has 3 aliphatic rings. The Bertz CT molecular complexity index is 363. The number of aliphatic hydroxyl groups is 1. The van der Waals surface area contributed by atoms with E-state index in [1.807, 2.05) is 11.8 Å². The Balaban J connectivity index is 1.57. The van der Waals surface area contributed by atoms with Crippen molar-refractivity contribution < 1.29 is 14.6 Å². The smallest absolute Gasteiger partial charge is 0.240 e. The van der Waals surface area contributed by atoms with Crippen LogP contribution in [-0.4, -0.2) is 65.5 Å². The van der Waals surface area contributed by atoms with Gasteiger partial charge in [0.1, 0.15) is 0 Å². The molecule has 1 aliphatic carbocycles. The molecule has 0 aromatic heterocycles. The molecule has 0 radical (unpaired) electrons. The number of ether oxygens (including phenoxy) is 1. The molecular weight excluding hydrogens is 276 g/mol. The summed E-state index contributed by atoms with van der Waals surface area (Å²) in [6, 6.07) is -0.0111. The zero-order chi connectivity index (χ0) is 14.2. The average molecular weight is 300 g/mol. The second kappa shape index (κ2) is 5.83. The molecule has 3 atom stereocenters. The molecule has 114 valence electrons. The lowest BCUT2D eigenvalue weighted by molar-refractivity contribution is -0.210. The van der Waals surface area contributed by atoms with Crippen molar-refractivity contribution in [3.05, 3.63) is 0 Å². The fourth-order valence-electron chi connectivity index (χ4n) is 3.73. The Labute approximate surface area is 124 Å². The summed E-state index contributed by atoms with van der Waals surface area (Å²) in [6.07, 6.45) is 2.41. The van der Waals surface area contributed by atoms with Gasteiger partial charge in [0.2, 0.25) is 5.91 Å². The Kier molecular flexibility index (Phi) is 4.26. The van der Waals surface area contributed by atoms with Gasteiger partial charge in [0.25, 0.3) is 0 Å². The zero-order valence-electron chi connectivity index (χ0n) is 12.0. The van der Waals surface area contributed by atoms with Crippen LogP contribution in [0.2, 0.25) is 0 Å².